The quantitative estimate of drug-likeness (QED) is 0.572. The predicted molar refractivity (Wildman–Crippen MR) is 136 cm³/mol. The fourth-order valence-corrected chi connectivity index (χ4v) is 4.89. The molecule has 1 fully saturated rings. The minimum absolute atomic E-state index is 0.113. The highest BCUT2D eigenvalue weighted by molar-refractivity contribution is 5.99. The minimum Gasteiger partial charge on any atom is -0.466 e. The van der Waals surface area contributed by atoms with Crippen molar-refractivity contribution in [2.75, 3.05) is 26.2 Å². The molecule has 1 saturated heterocycles. The lowest BCUT2D eigenvalue weighted by molar-refractivity contribution is -0.151. The Balaban J connectivity index is 1.36. The Hall–Kier alpha value is -3.69. The number of nitrogens with zero attached hydrogens (tertiary/aromatic N) is 4. The van der Waals surface area contributed by atoms with Crippen molar-refractivity contribution in [2.45, 2.75) is 59.2 Å². The molecule has 1 aromatic heterocycles. The molecule has 1 aromatic carbocycles. The summed E-state index contributed by atoms with van der Waals surface area (Å²) in [5, 5.41) is 7.10. The molecule has 2 aliphatic heterocycles. The van der Waals surface area contributed by atoms with E-state index in [1.807, 2.05) is 31.2 Å². The Morgan fingerprint density at radius 1 is 1.14 bits per heavy atom. The van der Waals surface area contributed by atoms with Crippen molar-refractivity contribution >= 4 is 23.7 Å². The minimum atomic E-state index is -0.763. The maximum atomic E-state index is 13.3. The van der Waals surface area contributed by atoms with Gasteiger partial charge in [-0.1, -0.05) is 24.3 Å². The standard InChI is InChI=1S/C27H35N5O5/c1-4-37-27(36)20-10-14-30(15-11-20)25(34)19(3)28-24(33)22-16-23-26(35)31(12-7-13-32(23)29-22)17-21-9-6-5-8-18(21)2/h5-6,8-9,16,19-20H,4,7,10-15,17H2,1-3H3,(H,28,33). The van der Waals surface area contributed by atoms with E-state index >= 15 is 0 Å². The molecule has 3 heterocycles. The van der Waals surface area contributed by atoms with E-state index in [0.717, 1.165) is 17.5 Å². The fraction of sp³-hybridized carbons (Fsp3) is 0.519. The molecule has 4 rings (SSSR count). The van der Waals surface area contributed by atoms with Crippen molar-refractivity contribution in [3.05, 3.63) is 52.8 Å². The van der Waals surface area contributed by atoms with Crippen molar-refractivity contribution in [1.29, 1.82) is 0 Å². The third-order valence-corrected chi connectivity index (χ3v) is 7.08. The molecule has 2 aromatic rings. The van der Waals surface area contributed by atoms with Gasteiger partial charge < -0.3 is 19.9 Å². The van der Waals surface area contributed by atoms with Crippen LogP contribution in [-0.4, -0.2) is 75.6 Å². The number of benzene rings is 1. The summed E-state index contributed by atoms with van der Waals surface area (Å²) < 4.78 is 6.67. The summed E-state index contributed by atoms with van der Waals surface area (Å²) in [5.41, 5.74) is 2.69. The number of fused-ring (bicyclic) bond motifs is 1. The van der Waals surface area contributed by atoms with Crippen molar-refractivity contribution in [3.63, 3.8) is 0 Å². The molecule has 0 bridgehead atoms. The summed E-state index contributed by atoms with van der Waals surface area (Å²) in [7, 11) is 0. The molecule has 0 radical (unpaired) electrons. The highest BCUT2D eigenvalue weighted by Crippen LogP contribution is 2.20. The molecule has 10 heteroatoms. The van der Waals surface area contributed by atoms with Gasteiger partial charge in [0.2, 0.25) is 5.91 Å². The van der Waals surface area contributed by atoms with Crippen LogP contribution in [0.5, 0.6) is 0 Å². The van der Waals surface area contributed by atoms with E-state index in [4.69, 9.17) is 4.74 Å². The molecule has 0 spiro atoms. The van der Waals surface area contributed by atoms with Crippen molar-refractivity contribution in [1.82, 2.24) is 24.9 Å². The molecule has 3 amide bonds. The zero-order valence-corrected chi connectivity index (χ0v) is 21.7. The number of nitrogens with one attached hydrogen (secondary N) is 1. The van der Waals surface area contributed by atoms with Gasteiger partial charge >= 0.3 is 5.97 Å². The van der Waals surface area contributed by atoms with Crippen LogP contribution in [-0.2, 0) is 27.4 Å². The molecule has 1 atom stereocenters. The van der Waals surface area contributed by atoms with E-state index in [2.05, 4.69) is 10.4 Å². The van der Waals surface area contributed by atoms with Crippen LogP contribution in [0, 0.1) is 12.8 Å². The molecular formula is C27H35N5O5. The average Bonchev–Trinajstić information content (AvgIpc) is 3.27. The number of hydrogen-bond acceptors (Lipinski definition) is 6. The molecule has 1 unspecified atom stereocenters. The maximum absolute atomic E-state index is 13.3. The normalized spacial score (nSPS) is 17.1. The SMILES string of the molecule is CCOC(=O)C1CCN(C(=O)C(C)NC(=O)c2cc3n(n2)CCCN(Cc2ccccc2C)C3=O)CC1. The van der Waals surface area contributed by atoms with Gasteiger partial charge in [0.05, 0.1) is 12.5 Å². The number of rotatable bonds is 7. The number of esters is 1. The Labute approximate surface area is 216 Å². The van der Waals surface area contributed by atoms with Gasteiger partial charge in [-0.05, 0) is 51.2 Å². The summed E-state index contributed by atoms with van der Waals surface area (Å²) in [5.74, 6) is -1.29. The molecular weight excluding hydrogens is 474 g/mol. The van der Waals surface area contributed by atoms with Gasteiger partial charge in [0.25, 0.3) is 11.8 Å². The first-order chi connectivity index (χ1) is 17.8. The first-order valence-corrected chi connectivity index (χ1v) is 13.0. The summed E-state index contributed by atoms with van der Waals surface area (Å²) >= 11 is 0. The van der Waals surface area contributed by atoms with Crippen LogP contribution >= 0.6 is 0 Å². The van der Waals surface area contributed by atoms with Gasteiger partial charge in [-0.25, -0.2) is 0 Å². The molecule has 0 aliphatic carbocycles. The van der Waals surface area contributed by atoms with E-state index in [9.17, 15) is 19.2 Å². The van der Waals surface area contributed by atoms with Gasteiger partial charge in [-0.15, -0.1) is 0 Å². The van der Waals surface area contributed by atoms with Crippen LogP contribution in [0.15, 0.2) is 30.3 Å². The highest BCUT2D eigenvalue weighted by Gasteiger charge is 2.32. The second-order valence-electron chi connectivity index (χ2n) is 9.69. The molecule has 1 N–H and O–H groups in total. The predicted octanol–water partition coefficient (Wildman–Crippen LogP) is 2.16. The number of ether oxygens (including phenoxy) is 1. The molecule has 10 nitrogen and oxygen atoms in total. The number of piperidine rings is 1. The van der Waals surface area contributed by atoms with Gasteiger partial charge in [0.1, 0.15) is 11.7 Å². The van der Waals surface area contributed by atoms with Crippen molar-refractivity contribution in [2.24, 2.45) is 5.92 Å². The van der Waals surface area contributed by atoms with Gasteiger partial charge in [-0.2, -0.15) is 5.10 Å². The zero-order chi connectivity index (χ0) is 26.5. The molecule has 0 saturated carbocycles. The number of likely N-dealkylation sites (tertiary alicyclic amines) is 1. The lowest BCUT2D eigenvalue weighted by Crippen LogP contribution is -2.50. The van der Waals surface area contributed by atoms with Gasteiger partial charge in [0, 0.05) is 38.8 Å². The highest BCUT2D eigenvalue weighted by atomic mass is 16.5. The lowest BCUT2D eigenvalue weighted by atomic mass is 9.96. The Morgan fingerprint density at radius 2 is 1.86 bits per heavy atom. The summed E-state index contributed by atoms with van der Waals surface area (Å²) in [6, 6.07) is 8.72. The van der Waals surface area contributed by atoms with E-state index in [1.54, 1.807) is 28.3 Å². The summed E-state index contributed by atoms with van der Waals surface area (Å²) in [4.78, 5) is 54.5. The second-order valence-corrected chi connectivity index (χ2v) is 9.69. The second kappa shape index (κ2) is 11.6. The Bertz CT molecular complexity index is 1170. The molecule has 37 heavy (non-hydrogen) atoms. The number of amides is 3. The first-order valence-electron chi connectivity index (χ1n) is 13.0. The number of hydrogen-bond donors (Lipinski definition) is 1. The third-order valence-electron chi connectivity index (χ3n) is 7.08. The monoisotopic (exact) mass is 509 g/mol. The Kier molecular flexibility index (Phi) is 8.25. The lowest BCUT2D eigenvalue weighted by Gasteiger charge is -2.32. The van der Waals surface area contributed by atoms with Crippen LogP contribution in [0.1, 0.15) is 65.2 Å². The molecule has 2 aliphatic rings. The molecule has 198 valence electrons. The van der Waals surface area contributed by atoms with Crippen LogP contribution in [0.2, 0.25) is 0 Å². The maximum Gasteiger partial charge on any atom is 0.309 e. The van der Waals surface area contributed by atoms with Crippen LogP contribution in [0.3, 0.4) is 0 Å². The zero-order valence-electron chi connectivity index (χ0n) is 21.7. The van der Waals surface area contributed by atoms with Crippen molar-refractivity contribution in [3.8, 4) is 0 Å². The largest absolute Gasteiger partial charge is 0.466 e. The smallest absolute Gasteiger partial charge is 0.309 e. The topological polar surface area (TPSA) is 114 Å². The van der Waals surface area contributed by atoms with Gasteiger partial charge in [0.15, 0.2) is 5.69 Å². The fourth-order valence-electron chi connectivity index (χ4n) is 4.89. The van der Waals surface area contributed by atoms with E-state index in [-0.39, 0.29) is 29.4 Å². The van der Waals surface area contributed by atoms with E-state index < -0.39 is 11.9 Å². The number of aryl methyl sites for hydroxylation is 2. The van der Waals surface area contributed by atoms with Crippen LogP contribution in [0.25, 0.3) is 0 Å². The van der Waals surface area contributed by atoms with Crippen LogP contribution in [0.4, 0.5) is 0 Å². The number of carbonyl (C=O) groups excluding carboxylic acids is 4. The van der Waals surface area contributed by atoms with Crippen LogP contribution < -0.4 is 5.32 Å². The van der Waals surface area contributed by atoms with Crippen molar-refractivity contribution < 1.29 is 23.9 Å². The average molecular weight is 510 g/mol. The summed E-state index contributed by atoms with van der Waals surface area (Å²) in [6.07, 6.45) is 1.81. The third kappa shape index (κ3) is 6.00. The first kappa shape index (κ1) is 26.4. The van der Waals surface area contributed by atoms with Gasteiger partial charge in [-0.3, -0.25) is 23.9 Å². The number of carbonyl (C=O) groups is 4. The Morgan fingerprint density at radius 3 is 2.57 bits per heavy atom. The number of aromatic nitrogens is 2. The summed E-state index contributed by atoms with van der Waals surface area (Å²) in [6.45, 7) is 8.28. The van der Waals surface area contributed by atoms with E-state index in [0.29, 0.717) is 57.9 Å². The van der Waals surface area contributed by atoms with E-state index in [1.165, 1.54) is 6.07 Å².